The van der Waals surface area contributed by atoms with Gasteiger partial charge in [0.05, 0.1) is 11.6 Å². The molecule has 1 fully saturated rings. The van der Waals surface area contributed by atoms with Crippen LogP contribution in [-0.2, 0) is 4.79 Å². The van der Waals surface area contributed by atoms with E-state index >= 15 is 0 Å². The van der Waals surface area contributed by atoms with Crippen LogP contribution in [0.2, 0.25) is 5.02 Å². The van der Waals surface area contributed by atoms with Gasteiger partial charge in [0.15, 0.2) is 5.75 Å². The Kier molecular flexibility index (Phi) is 6.96. The lowest BCUT2D eigenvalue weighted by Crippen LogP contribution is -2.55. The summed E-state index contributed by atoms with van der Waals surface area (Å²) in [4.78, 5) is 21.9. The molecule has 170 valence electrons. The maximum atomic E-state index is 13.0. The molecule has 1 amide bonds. The van der Waals surface area contributed by atoms with Crippen LogP contribution in [-0.4, -0.2) is 67.0 Å². The van der Waals surface area contributed by atoms with E-state index in [0.29, 0.717) is 35.8 Å². The normalized spacial score (nSPS) is 19.2. The summed E-state index contributed by atoms with van der Waals surface area (Å²) in [7, 11) is 2.02. The van der Waals surface area contributed by atoms with Gasteiger partial charge in [-0.25, -0.2) is 9.38 Å². The van der Waals surface area contributed by atoms with E-state index < -0.39 is 12.7 Å². The molecule has 2 aromatic carbocycles. The number of hydrogen-bond acceptors (Lipinski definition) is 5. The molecule has 1 N–H and O–H groups in total. The Morgan fingerprint density at radius 2 is 2.09 bits per heavy atom. The number of benzene rings is 2. The first kappa shape index (κ1) is 22.6. The molecule has 2 heterocycles. The van der Waals surface area contributed by atoms with Crippen LogP contribution >= 0.6 is 11.6 Å². The predicted molar refractivity (Wildman–Crippen MR) is 125 cm³/mol. The average Bonchev–Trinajstić information content (AvgIpc) is 2.95. The number of halogens is 2. The van der Waals surface area contributed by atoms with Crippen LogP contribution in [0.4, 0.5) is 10.1 Å². The van der Waals surface area contributed by atoms with Crippen molar-refractivity contribution in [1.29, 1.82) is 0 Å². The third-order valence-electron chi connectivity index (χ3n) is 6.04. The van der Waals surface area contributed by atoms with Crippen LogP contribution in [0.1, 0.15) is 25.3 Å². The summed E-state index contributed by atoms with van der Waals surface area (Å²) in [5.74, 6) is 2.06. The van der Waals surface area contributed by atoms with Gasteiger partial charge in [-0.3, -0.25) is 9.69 Å². The van der Waals surface area contributed by atoms with Crippen LogP contribution in [0.5, 0.6) is 11.5 Å². The molecule has 0 aliphatic carbocycles. The number of rotatable bonds is 5. The maximum absolute atomic E-state index is 13.0. The van der Waals surface area contributed by atoms with Crippen molar-refractivity contribution in [1.82, 2.24) is 15.1 Å². The number of nitrogens with one attached hydrogen (secondary N) is 1. The monoisotopic (exact) mass is 458 g/mol. The molecule has 2 aromatic rings. The number of fused-ring (bicyclic) bond motifs is 2. The van der Waals surface area contributed by atoms with E-state index in [1.165, 1.54) is 0 Å². The third kappa shape index (κ3) is 4.89. The number of carbonyl (C=O) groups is 1. The van der Waals surface area contributed by atoms with E-state index in [4.69, 9.17) is 21.3 Å². The van der Waals surface area contributed by atoms with E-state index in [9.17, 15) is 9.18 Å². The molecule has 1 saturated heterocycles. The first-order valence-corrected chi connectivity index (χ1v) is 11.3. The minimum Gasteiger partial charge on any atom is -0.454 e. The van der Waals surface area contributed by atoms with Gasteiger partial charge in [-0.1, -0.05) is 30.7 Å². The van der Waals surface area contributed by atoms with Gasteiger partial charge in [0, 0.05) is 37.1 Å². The summed E-state index contributed by atoms with van der Waals surface area (Å²) in [5, 5.41) is 3.39. The number of aliphatic imine (C=N–C) groups is 1. The molecule has 1 unspecified atom stereocenters. The van der Waals surface area contributed by atoms with E-state index in [-0.39, 0.29) is 11.9 Å². The van der Waals surface area contributed by atoms with Crippen molar-refractivity contribution in [3.63, 3.8) is 0 Å². The molecule has 8 heteroatoms. The van der Waals surface area contributed by atoms with Crippen molar-refractivity contribution in [3.05, 3.63) is 53.1 Å². The fraction of sp³-hybridized carbons (Fsp3) is 0.417. The average molecular weight is 459 g/mol. The van der Waals surface area contributed by atoms with Crippen LogP contribution in [0.15, 0.2) is 47.5 Å². The number of likely N-dealkylation sites (N-methyl/N-ethyl adjacent to an activating group) is 1. The third-order valence-corrected chi connectivity index (χ3v) is 6.27. The fourth-order valence-corrected chi connectivity index (χ4v) is 4.21. The highest BCUT2D eigenvalue weighted by atomic mass is 35.5. The zero-order chi connectivity index (χ0) is 22.7. The number of amides is 1. The van der Waals surface area contributed by atoms with E-state index in [0.717, 1.165) is 30.2 Å². The number of piperazine rings is 1. The highest BCUT2D eigenvalue weighted by molar-refractivity contribution is 6.31. The SMILES string of the molecule is CCC(CF)NC(=O)C[C@H]1CN(C2=Nc3cc(Cl)ccc3Oc3ccccc32)CCN1C. The standard InChI is InChI=1S/C24H28ClFN4O2/c1-3-17(14-26)27-23(31)13-18-15-30(11-10-29(18)2)24-19-6-4-5-7-21(19)32-22-9-8-16(25)12-20(22)28-24/h4-9,12,17-18H,3,10-11,13-15H2,1-2H3,(H,27,31)/t17?,18-/m0/s1. The number of carbonyl (C=O) groups excluding carboxylic acids is 1. The summed E-state index contributed by atoms with van der Waals surface area (Å²) in [6.45, 7) is 3.49. The Labute approximate surface area is 193 Å². The molecule has 0 spiro atoms. The first-order chi connectivity index (χ1) is 15.5. The van der Waals surface area contributed by atoms with Gasteiger partial charge in [-0.15, -0.1) is 0 Å². The van der Waals surface area contributed by atoms with Gasteiger partial charge in [-0.2, -0.15) is 0 Å². The second-order valence-electron chi connectivity index (χ2n) is 8.26. The largest absolute Gasteiger partial charge is 0.454 e. The second kappa shape index (κ2) is 9.88. The summed E-state index contributed by atoms with van der Waals surface area (Å²) in [6.07, 6.45) is 0.877. The summed E-state index contributed by atoms with van der Waals surface area (Å²) < 4.78 is 19.2. The molecule has 0 radical (unpaired) electrons. The Balaban J connectivity index is 1.60. The van der Waals surface area contributed by atoms with Gasteiger partial charge in [0.25, 0.3) is 0 Å². The molecule has 0 saturated carbocycles. The number of para-hydroxylation sites is 1. The second-order valence-corrected chi connectivity index (χ2v) is 8.69. The number of nitrogens with zero attached hydrogens (tertiary/aromatic N) is 3. The van der Waals surface area contributed by atoms with Gasteiger partial charge < -0.3 is 15.0 Å². The fourth-order valence-electron chi connectivity index (χ4n) is 4.05. The van der Waals surface area contributed by atoms with Crippen LogP contribution < -0.4 is 10.1 Å². The summed E-state index contributed by atoms with van der Waals surface area (Å²) in [6, 6.07) is 12.8. The van der Waals surface area contributed by atoms with Crippen molar-refractivity contribution in [3.8, 4) is 11.5 Å². The van der Waals surface area contributed by atoms with E-state index in [1.54, 1.807) is 12.1 Å². The lowest BCUT2D eigenvalue weighted by Gasteiger charge is -2.40. The van der Waals surface area contributed by atoms with E-state index in [2.05, 4.69) is 15.1 Å². The number of alkyl halides is 1. The summed E-state index contributed by atoms with van der Waals surface area (Å²) >= 11 is 6.22. The van der Waals surface area contributed by atoms with Gasteiger partial charge in [0.1, 0.15) is 23.9 Å². The first-order valence-electron chi connectivity index (χ1n) is 10.9. The number of amidine groups is 1. The quantitative estimate of drug-likeness (QED) is 0.721. The zero-order valence-corrected chi connectivity index (χ0v) is 19.1. The molecule has 2 atom stereocenters. The van der Waals surface area contributed by atoms with Crippen molar-refractivity contribution in [2.75, 3.05) is 33.4 Å². The van der Waals surface area contributed by atoms with Crippen molar-refractivity contribution < 1.29 is 13.9 Å². The van der Waals surface area contributed by atoms with Crippen LogP contribution in [0, 0.1) is 0 Å². The molecule has 0 bridgehead atoms. The smallest absolute Gasteiger partial charge is 0.221 e. The zero-order valence-electron chi connectivity index (χ0n) is 18.4. The van der Waals surface area contributed by atoms with Gasteiger partial charge in [0.2, 0.25) is 5.91 Å². The molecular weight excluding hydrogens is 431 g/mol. The number of ether oxygens (including phenoxy) is 1. The van der Waals surface area contributed by atoms with Gasteiger partial charge >= 0.3 is 0 Å². The van der Waals surface area contributed by atoms with Gasteiger partial charge in [-0.05, 0) is 43.8 Å². The molecule has 4 rings (SSSR count). The minimum absolute atomic E-state index is 0.0151. The lowest BCUT2D eigenvalue weighted by atomic mass is 10.1. The minimum atomic E-state index is -0.551. The van der Waals surface area contributed by atoms with Crippen LogP contribution in [0.25, 0.3) is 0 Å². The maximum Gasteiger partial charge on any atom is 0.221 e. The molecular formula is C24H28ClFN4O2. The van der Waals surface area contributed by atoms with Crippen molar-refractivity contribution in [2.45, 2.75) is 31.8 Å². The topological polar surface area (TPSA) is 57.2 Å². The Hall–Kier alpha value is -2.64. The Bertz CT molecular complexity index is 1010. The van der Waals surface area contributed by atoms with E-state index in [1.807, 2.05) is 44.3 Å². The molecule has 2 aliphatic rings. The number of hydrogen-bond donors (Lipinski definition) is 1. The van der Waals surface area contributed by atoms with Crippen LogP contribution in [0.3, 0.4) is 0 Å². The highest BCUT2D eigenvalue weighted by Gasteiger charge is 2.31. The molecule has 0 aromatic heterocycles. The lowest BCUT2D eigenvalue weighted by molar-refractivity contribution is -0.123. The molecule has 32 heavy (non-hydrogen) atoms. The molecule has 6 nitrogen and oxygen atoms in total. The predicted octanol–water partition coefficient (Wildman–Crippen LogP) is 4.39. The van der Waals surface area contributed by atoms with Crippen molar-refractivity contribution in [2.24, 2.45) is 4.99 Å². The molecule has 2 aliphatic heterocycles. The van der Waals surface area contributed by atoms with Crippen molar-refractivity contribution >= 4 is 29.0 Å². The Morgan fingerprint density at radius 3 is 2.88 bits per heavy atom. The summed E-state index contributed by atoms with van der Waals surface area (Å²) in [5.41, 5.74) is 1.57. The highest BCUT2D eigenvalue weighted by Crippen LogP contribution is 2.39. The Morgan fingerprint density at radius 1 is 1.28 bits per heavy atom.